The number of carbonyl (C=O) groups is 3. The minimum Gasteiger partial charge on any atom is -0.459 e. The van der Waals surface area contributed by atoms with Crippen molar-refractivity contribution in [2.24, 2.45) is 17.8 Å². The summed E-state index contributed by atoms with van der Waals surface area (Å²) in [6, 6.07) is 18.9. The first-order valence-corrected chi connectivity index (χ1v) is 19.4. The third-order valence-corrected chi connectivity index (χ3v) is 14.0. The van der Waals surface area contributed by atoms with Crippen LogP contribution in [-0.2, 0) is 29.2 Å². The molecule has 3 saturated heterocycles. The number of likely N-dealkylation sites (tertiary alicyclic amines) is 1. The number of hydrogen-bond donors (Lipinski definition) is 1. The average molecular weight is 702 g/mol. The highest BCUT2D eigenvalue weighted by molar-refractivity contribution is 8.01. The predicted octanol–water partition coefficient (Wildman–Crippen LogP) is 5.83. The zero-order valence-corrected chi connectivity index (χ0v) is 29.5. The highest BCUT2D eigenvalue weighted by Crippen LogP contribution is 2.61. The van der Waals surface area contributed by atoms with Crippen molar-refractivity contribution in [2.45, 2.75) is 92.4 Å². The third-order valence-electron chi connectivity index (χ3n) is 11.4. The van der Waals surface area contributed by atoms with E-state index in [4.69, 9.17) is 9.47 Å². The van der Waals surface area contributed by atoms with Crippen LogP contribution in [0.5, 0.6) is 5.75 Å². The fourth-order valence-electron chi connectivity index (χ4n) is 9.39. The van der Waals surface area contributed by atoms with E-state index in [1.54, 1.807) is 25.7 Å². The van der Waals surface area contributed by atoms with Crippen molar-refractivity contribution < 1.29 is 36.8 Å². The molecule has 256 valence electrons. The Bertz CT molecular complexity index is 1980. The van der Waals surface area contributed by atoms with Crippen molar-refractivity contribution in [3.63, 3.8) is 0 Å². The summed E-state index contributed by atoms with van der Waals surface area (Å²) in [7, 11) is -4.50. The first kappa shape index (κ1) is 32.5. The van der Waals surface area contributed by atoms with Gasteiger partial charge in [-0.3, -0.25) is 18.9 Å². The number of hydrogen-bond acceptors (Lipinski definition) is 8. The van der Waals surface area contributed by atoms with Gasteiger partial charge in [0.1, 0.15) is 11.9 Å². The molecule has 7 atom stereocenters. The fraction of sp³-hybridized carbons (Fsp3) is 0.447. The number of ether oxygens (including phenoxy) is 2. The van der Waals surface area contributed by atoms with Crippen molar-refractivity contribution in [1.82, 2.24) is 4.90 Å². The van der Waals surface area contributed by atoms with Crippen molar-refractivity contribution in [2.75, 3.05) is 0 Å². The number of esters is 2. The van der Waals surface area contributed by atoms with E-state index in [-0.39, 0.29) is 57.6 Å². The molecule has 3 heterocycles. The summed E-state index contributed by atoms with van der Waals surface area (Å²) < 4.78 is 46.6. The molecule has 9 nitrogen and oxygen atoms in total. The number of nitrogens with zero attached hydrogens (tertiary/aromatic N) is 1. The molecule has 0 saturated carbocycles. The predicted molar refractivity (Wildman–Crippen MR) is 183 cm³/mol. The van der Waals surface area contributed by atoms with Gasteiger partial charge in [-0.2, -0.15) is 8.42 Å². The molecule has 3 aliphatic carbocycles. The molecule has 0 radical (unpaired) electrons. The van der Waals surface area contributed by atoms with E-state index in [2.05, 4.69) is 24.3 Å². The Labute approximate surface area is 290 Å². The third kappa shape index (κ3) is 4.82. The van der Waals surface area contributed by atoms with E-state index < -0.39 is 45.2 Å². The maximum Gasteiger partial charge on any atom is 0.316 e. The lowest BCUT2D eigenvalue weighted by atomic mass is 9.59. The normalized spacial score (nSPS) is 30.6. The Hall–Kier alpha value is -3.67. The number of rotatable bonds is 7. The zero-order valence-electron chi connectivity index (χ0n) is 27.9. The molecule has 3 aromatic carbocycles. The summed E-state index contributed by atoms with van der Waals surface area (Å²) in [5.74, 6) is -3.10. The second-order valence-corrected chi connectivity index (χ2v) is 17.4. The molecule has 0 aromatic heterocycles. The number of carbonyl (C=O) groups excluding carboxylic acids is 3. The van der Waals surface area contributed by atoms with Gasteiger partial charge in [0.05, 0.1) is 33.9 Å². The lowest BCUT2D eigenvalue weighted by Crippen LogP contribution is -2.52. The molecule has 49 heavy (non-hydrogen) atoms. The molecule has 1 N–H and O–H groups in total. The molecular formula is C38H39NO8S2. The highest BCUT2D eigenvalue weighted by atomic mass is 32.2. The van der Waals surface area contributed by atoms with Gasteiger partial charge in [-0.25, -0.2) is 0 Å². The Morgan fingerprint density at radius 3 is 2.10 bits per heavy atom. The summed E-state index contributed by atoms with van der Waals surface area (Å²) in [6.45, 7) is 9.04. The molecule has 7 unspecified atom stereocenters. The Balaban J connectivity index is 1.11. The number of thioether (sulfide) groups is 1. The number of fused-ring (bicyclic) bond motifs is 2. The first-order valence-electron chi connectivity index (χ1n) is 17.0. The molecule has 9 rings (SSSR count). The van der Waals surface area contributed by atoms with Gasteiger partial charge in [0.2, 0.25) is 5.91 Å². The van der Waals surface area contributed by atoms with Crippen molar-refractivity contribution >= 4 is 39.7 Å². The molecule has 3 fully saturated rings. The molecule has 0 spiro atoms. The maximum atomic E-state index is 14.4. The van der Waals surface area contributed by atoms with Crippen molar-refractivity contribution in [3.8, 4) is 5.75 Å². The summed E-state index contributed by atoms with van der Waals surface area (Å²) in [5, 5.41) is -0.708. The van der Waals surface area contributed by atoms with Gasteiger partial charge < -0.3 is 14.4 Å². The molecule has 3 aromatic rings. The van der Waals surface area contributed by atoms with E-state index in [9.17, 15) is 27.4 Å². The van der Waals surface area contributed by atoms with E-state index in [0.717, 1.165) is 11.1 Å². The largest absolute Gasteiger partial charge is 0.459 e. The molecule has 1 amide bonds. The van der Waals surface area contributed by atoms with Crippen LogP contribution in [0.2, 0.25) is 0 Å². The van der Waals surface area contributed by atoms with E-state index >= 15 is 0 Å². The average Bonchev–Trinajstić information content (AvgIpc) is 3.68. The second kappa shape index (κ2) is 11.4. The monoisotopic (exact) mass is 701 g/mol. The molecule has 11 heteroatoms. The second-order valence-electron chi connectivity index (χ2n) is 14.7. The van der Waals surface area contributed by atoms with Gasteiger partial charge >= 0.3 is 11.9 Å². The van der Waals surface area contributed by atoms with Crippen LogP contribution in [0, 0.1) is 24.7 Å². The Morgan fingerprint density at radius 1 is 0.918 bits per heavy atom. The summed E-state index contributed by atoms with van der Waals surface area (Å²) >= 11 is 1.54. The summed E-state index contributed by atoms with van der Waals surface area (Å²) in [6.07, 6.45) is -0.0565. The Kier molecular flexibility index (Phi) is 7.59. The zero-order chi connectivity index (χ0) is 34.7. The molecule has 6 aliphatic rings. The van der Waals surface area contributed by atoms with Crippen LogP contribution in [0.4, 0.5) is 0 Å². The molecule has 4 bridgehead atoms. The topological polar surface area (TPSA) is 127 Å². The van der Waals surface area contributed by atoms with Gasteiger partial charge in [0.15, 0.2) is 0 Å². The van der Waals surface area contributed by atoms with E-state index in [0.29, 0.717) is 17.5 Å². The SMILES string of the molecule is Cc1cc(S(=O)(=O)O)c(C(C)C)cc1OC(=O)C1C2SC3C1C(=O)N(C(C)C)C3C2OC(=O)C1CC2c3ccccc3C1c1ccccc12. The van der Waals surface area contributed by atoms with Gasteiger partial charge in [-0.15, -0.1) is 11.8 Å². The minimum absolute atomic E-state index is 0.0860. The van der Waals surface area contributed by atoms with Crippen LogP contribution in [-0.4, -0.2) is 64.4 Å². The van der Waals surface area contributed by atoms with Crippen LogP contribution in [0.25, 0.3) is 0 Å². The van der Waals surface area contributed by atoms with Gasteiger partial charge in [0, 0.05) is 23.1 Å². The fourth-order valence-corrected chi connectivity index (χ4v) is 12.4. The number of benzene rings is 3. The van der Waals surface area contributed by atoms with Crippen LogP contribution >= 0.6 is 11.8 Å². The highest BCUT2D eigenvalue weighted by Gasteiger charge is 2.72. The van der Waals surface area contributed by atoms with Crippen LogP contribution in [0.3, 0.4) is 0 Å². The molecule has 3 aliphatic heterocycles. The number of amides is 1. The van der Waals surface area contributed by atoms with Crippen molar-refractivity contribution in [3.05, 3.63) is 94.0 Å². The van der Waals surface area contributed by atoms with Gasteiger partial charge in [-0.05, 0) is 78.6 Å². The van der Waals surface area contributed by atoms with Gasteiger partial charge in [0.25, 0.3) is 10.1 Å². The lowest BCUT2D eigenvalue weighted by molar-refractivity contribution is -0.161. The summed E-state index contributed by atoms with van der Waals surface area (Å²) in [5.41, 5.74) is 5.49. The standard InChI is InChI=1S/C38H39NO8S2/c1-17(2)24-16-27(19(5)14-28(24)49(43,44)45)46-38(42)31-30-34-32(39(18(3)4)36(30)40)33(35(31)48-34)47-37(41)26-15-25-20-10-6-8-12-22(20)29(26)23-13-9-7-11-21(23)25/h6-14,16-18,25-26,29-35H,15H2,1-5H3,(H,43,44,45). The smallest absolute Gasteiger partial charge is 0.316 e. The minimum atomic E-state index is -4.50. The van der Waals surface area contributed by atoms with Crippen LogP contribution in [0.15, 0.2) is 65.6 Å². The Morgan fingerprint density at radius 2 is 1.53 bits per heavy atom. The van der Waals surface area contributed by atoms with Crippen molar-refractivity contribution in [1.29, 1.82) is 0 Å². The van der Waals surface area contributed by atoms with Gasteiger partial charge in [-0.1, -0.05) is 62.4 Å². The quantitative estimate of drug-likeness (QED) is 0.184. The summed E-state index contributed by atoms with van der Waals surface area (Å²) in [4.78, 5) is 44.1. The van der Waals surface area contributed by atoms with Crippen LogP contribution in [0.1, 0.15) is 85.3 Å². The maximum absolute atomic E-state index is 14.4. The first-order chi connectivity index (χ1) is 23.3. The molecular weight excluding hydrogens is 663 g/mol. The number of aryl methyl sites for hydroxylation is 1. The van der Waals surface area contributed by atoms with E-state index in [1.165, 1.54) is 35.0 Å². The lowest BCUT2D eigenvalue weighted by Gasteiger charge is -2.45. The van der Waals surface area contributed by atoms with Crippen LogP contribution < -0.4 is 4.74 Å². The van der Waals surface area contributed by atoms with E-state index in [1.807, 2.05) is 38.1 Å².